The Morgan fingerprint density at radius 3 is 2.61 bits per heavy atom. The quantitative estimate of drug-likeness (QED) is 0.304. The highest BCUT2D eigenvalue weighted by atomic mass is 16.5. The highest BCUT2D eigenvalue weighted by molar-refractivity contribution is 5.82. The van der Waals surface area contributed by atoms with Crippen LogP contribution in [0.3, 0.4) is 0 Å². The van der Waals surface area contributed by atoms with Crippen LogP contribution >= 0.6 is 0 Å². The van der Waals surface area contributed by atoms with Crippen LogP contribution in [0.5, 0.6) is 5.75 Å². The molecule has 0 amide bonds. The molecular formula is C30H38N6O2. The third kappa shape index (κ3) is 5.36. The lowest BCUT2D eigenvalue weighted by molar-refractivity contribution is 0.153. The number of H-pyrrole nitrogens is 1. The SMILES string of the molecule is CC[C@@H](c1nnnn1C1CCCCC1)N(Cc1ccccc1OC)Cc1cc2cc(C)cc(C)c2[nH]c1=O. The zero-order valence-electron chi connectivity index (χ0n) is 22.9. The maximum atomic E-state index is 13.3. The highest BCUT2D eigenvalue weighted by Gasteiger charge is 2.29. The van der Waals surface area contributed by atoms with Crippen molar-refractivity contribution < 1.29 is 4.74 Å². The minimum absolute atomic E-state index is 0.0591. The van der Waals surface area contributed by atoms with Crippen molar-refractivity contribution in [3.8, 4) is 5.75 Å². The van der Waals surface area contributed by atoms with E-state index in [9.17, 15) is 4.79 Å². The molecule has 0 saturated heterocycles. The first-order chi connectivity index (χ1) is 18.5. The fourth-order valence-corrected chi connectivity index (χ4v) is 6.01. The molecule has 38 heavy (non-hydrogen) atoms. The number of benzene rings is 2. The molecule has 1 atom stereocenters. The van der Waals surface area contributed by atoms with Crippen LogP contribution in [0, 0.1) is 13.8 Å². The van der Waals surface area contributed by atoms with Crippen molar-refractivity contribution in [2.24, 2.45) is 0 Å². The monoisotopic (exact) mass is 514 g/mol. The number of methoxy groups -OCH3 is 1. The predicted molar refractivity (Wildman–Crippen MR) is 149 cm³/mol. The van der Waals surface area contributed by atoms with Gasteiger partial charge in [-0.15, -0.1) is 5.10 Å². The van der Waals surface area contributed by atoms with Crippen LogP contribution < -0.4 is 10.3 Å². The number of aromatic amines is 1. The molecule has 5 rings (SSSR count). The fraction of sp³-hybridized carbons (Fsp3) is 0.467. The molecule has 0 unspecified atom stereocenters. The summed E-state index contributed by atoms with van der Waals surface area (Å²) in [5.41, 5.74) is 4.89. The normalized spacial score (nSPS) is 15.3. The van der Waals surface area contributed by atoms with Crippen molar-refractivity contribution in [2.75, 3.05) is 7.11 Å². The van der Waals surface area contributed by atoms with Crippen molar-refractivity contribution in [3.63, 3.8) is 0 Å². The van der Waals surface area contributed by atoms with Crippen molar-refractivity contribution in [1.29, 1.82) is 0 Å². The Hall–Kier alpha value is -3.52. The Kier molecular flexibility index (Phi) is 7.88. The standard InChI is InChI=1S/C30H38N6O2/c1-5-26(29-32-33-34-36(29)25-12-7-6-8-13-25)35(18-22-11-9-10-14-27(22)38-4)19-24-17-23-16-20(2)15-21(3)28(23)31-30(24)37/h9-11,14-17,25-26H,5-8,12-13,18-19H2,1-4H3,(H,31,37)/t26-/m0/s1. The Balaban J connectivity index is 1.56. The van der Waals surface area contributed by atoms with Gasteiger partial charge in [-0.3, -0.25) is 9.69 Å². The third-order valence-electron chi connectivity index (χ3n) is 7.87. The first kappa shape index (κ1) is 26.1. The van der Waals surface area contributed by atoms with Crippen molar-refractivity contribution >= 4 is 10.9 Å². The molecule has 1 fully saturated rings. The fourth-order valence-electron chi connectivity index (χ4n) is 6.01. The van der Waals surface area contributed by atoms with Gasteiger partial charge in [-0.25, -0.2) is 4.68 Å². The molecule has 2 aromatic heterocycles. The summed E-state index contributed by atoms with van der Waals surface area (Å²) in [6.45, 7) is 7.36. The van der Waals surface area contributed by atoms with Gasteiger partial charge in [-0.2, -0.15) is 0 Å². The third-order valence-corrected chi connectivity index (χ3v) is 7.87. The largest absolute Gasteiger partial charge is 0.496 e. The molecule has 0 spiro atoms. The highest BCUT2D eigenvalue weighted by Crippen LogP contribution is 2.33. The van der Waals surface area contributed by atoms with Crippen LogP contribution in [0.1, 0.15) is 85.6 Å². The van der Waals surface area contributed by atoms with E-state index in [2.05, 4.69) is 62.1 Å². The van der Waals surface area contributed by atoms with Crippen molar-refractivity contribution in [3.05, 3.63) is 80.9 Å². The summed E-state index contributed by atoms with van der Waals surface area (Å²) < 4.78 is 7.74. The van der Waals surface area contributed by atoms with Gasteiger partial charge in [-0.1, -0.05) is 56.0 Å². The van der Waals surface area contributed by atoms with Crippen molar-refractivity contribution in [1.82, 2.24) is 30.1 Å². The number of hydrogen-bond donors (Lipinski definition) is 1. The molecule has 200 valence electrons. The number of para-hydroxylation sites is 1. The number of nitrogens with one attached hydrogen (secondary N) is 1. The van der Waals surface area contributed by atoms with Crippen LogP contribution in [0.4, 0.5) is 0 Å². The average Bonchev–Trinajstić information content (AvgIpc) is 3.40. The molecular weight excluding hydrogens is 476 g/mol. The van der Waals surface area contributed by atoms with Crippen LogP contribution in [0.2, 0.25) is 0 Å². The van der Waals surface area contributed by atoms with E-state index in [1.807, 2.05) is 31.2 Å². The topological polar surface area (TPSA) is 88.9 Å². The maximum absolute atomic E-state index is 13.3. The molecule has 0 bridgehead atoms. The smallest absolute Gasteiger partial charge is 0.252 e. The minimum Gasteiger partial charge on any atom is -0.496 e. The number of hydrogen-bond acceptors (Lipinski definition) is 6. The molecule has 8 heteroatoms. The van der Waals surface area contributed by atoms with Crippen LogP contribution in [-0.4, -0.2) is 37.2 Å². The molecule has 2 aromatic carbocycles. The molecule has 8 nitrogen and oxygen atoms in total. The minimum atomic E-state index is -0.0637. The molecule has 1 aliphatic carbocycles. The van der Waals surface area contributed by atoms with Gasteiger partial charge >= 0.3 is 0 Å². The van der Waals surface area contributed by atoms with Gasteiger partial charge in [0.2, 0.25) is 0 Å². The van der Waals surface area contributed by atoms with E-state index in [0.717, 1.165) is 58.4 Å². The van der Waals surface area contributed by atoms with E-state index < -0.39 is 0 Å². The van der Waals surface area contributed by atoms with Crippen molar-refractivity contribution in [2.45, 2.75) is 84.5 Å². The van der Waals surface area contributed by atoms with Gasteiger partial charge in [0.15, 0.2) is 5.82 Å². The summed E-state index contributed by atoms with van der Waals surface area (Å²) in [6, 6.07) is 14.6. The van der Waals surface area contributed by atoms with E-state index in [4.69, 9.17) is 4.74 Å². The predicted octanol–water partition coefficient (Wildman–Crippen LogP) is 5.80. The lowest BCUT2D eigenvalue weighted by Crippen LogP contribution is -2.33. The zero-order valence-corrected chi connectivity index (χ0v) is 22.9. The first-order valence-electron chi connectivity index (χ1n) is 13.7. The van der Waals surface area contributed by atoms with Gasteiger partial charge in [0, 0.05) is 24.2 Å². The summed E-state index contributed by atoms with van der Waals surface area (Å²) >= 11 is 0. The van der Waals surface area contributed by atoms with E-state index in [1.165, 1.54) is 24.8 Å². The number of pyridine rings is 1. The number of fused-ring (bicyclic) bond motifs is 1. The number of tetrazole rings is 1. The summed E-state index contributed by atoms with van der Waals surface area (Å²) in [7, 11) is 1.70. The maximum Gasteiger partial charge on any atom is 0.252 e. The Bertz CT molecular complexity index is 1450. The molecule has 1 N–H and O–H groups in total. The van der Waals surface area contributed by atoms with Gasteiger partial charge in [0.1, 0.15) is 5.75 Å². The van der Waals surface area contributed by atoms with Gasteiger partial charge < -0.3 is 9.72 Å². The lowest BCUT2D eigenvalue weighted by atomic mass is 9.95. The molecule has 4 aromatic rings. The van der Waals surface area contributed by atoms with Gasteiger partial charge in [0.25, 0.3) is 5.56 Å². The second kappa shape index (κ2) is 11.5. The van der Waals surface area contributed by atoms with E-state index in [-0.39, 0.29) is 11.6 Å². The Morgan fingerprint density at radius 1 is 1.08 bits per heavy atom. The second-order valence-electron chi connectivity index (χ2n) is 10.6. The Morgan fingerprint density at radius 2 is 1.84 bits per heavy atom. The van der Waals surface area contributed by atoms with Crippen LogP contribution in [0.15, 0.2) is 47.3 Å². The number of rotatable bonds is 9. The molecule has 1 aliphatic rings. The number of nitrogens with zero attached hydrogens (tertiary/aromatic N) is 5. The Labute approximate surface area is 224 Å². The summed E-state index contributed by atoms with van der Waals surface area (Å²) in [5.74, 6) is 1.70. The van der Waals surface area contributed by atoms with Gasteiger partial charge in [-0.05, 0) is 72.7 Å². The second-order valence-corrected chi connectivity index (χ2v) is 10.6. The van der Waals surface area contributed by atoms with E-state index in [0.29, 0.717) is 19.1 Å². The number of aryl methyl sites for hydroxylation is 2. The molecule has 0 radical (unpaired) electrons. The molecule has 2 heterocycles. The van der Waals surface area contributed by atoms with Gasteiger partial charge in [0.05, 0.1) is 24.7 Å². The first-order valence-corrected chi connectivity index (χ1v) is 13.7. The number of aromatic nitrogens is 5. The number of ether oxygens (including phenoxy) is 1. The van der Waals surface area contributed by atoms with Crippen LogP contribution in [-0.2, 0) is 13.1 Å². The molecule has 1 saturated carbocycles. The molecule has 0 aliphatic heterocycles. The van der Waals surface area contributed by atoms with Crippen LogP contribution in [0.25, 0.3) is 10.9 Å². The average molecular weight is 515 g/mol. The van der Waals surface area contributed by atoms with E-state index >= 15 is 0 Å². The zero-order chi connectivity index (χ0) is 26.6. The summed E-state index contributed by atoms with van der Waals surface area (Å²) in [5, 5.41) is 14.2. The summed E-state index contributed by atoms with van der Waals surface area (Å²) in [6.07, 6.45) is 6.70. The van der Waals surface area contributed by atoms with E-state index in [1.54, 1.807) is 7.11 Å². The lowest BCUT2D eigenvalue weighted by Gasteiger charge is -2.32. The summed E-state index contributed by atoms with van der Waals surface area (Å²) in [4.78, 5) is 18.8.